The van der Waals surface area contributed by atoms with E-state index in [1.54, 1.807) is 0 Å². The molecule has 0 spiro atoms. The maximum absolute atomic E-state index is 12.7. The first-order valence-electron chi connectivity index (χ1n) is 10.2. The Hall–Kier alpha value is -2.33. The first-order valence-corrected chi connectivity index (χ1v) is 10.2. The molecule has 3 rings (SSSR count). The Morgan fingerprint density at radius 2 is 1.64 bits per heavy atom. The number of nitrogens with one attached hydrogen (secondary N) is 1. The largest absolute Gasteiger partial charge is 0.373 e. The molecule has 1 unspecified atom stereocenters. The van der Waals surface area contributed by atoms with Crippen LogP contribution in [-0.4, -0.2) is 36.2 Å². The van der Waals surface area contributed by atoms with E-state index < -0.39 is 0 Å². The minimum atomic E-state index is -0.131. The smallest absolute Gasteiger partial charge is 0.317 e. The molecular formula is C24H32N2O2. The van der Waals surface area contributed by atoms with Gasteiger partial charge < -0.3 is 15.0 Å². The van der Waals surface area contributed by atoms with Gasteiger partial charge in [-0.3, -0.25) is 0 Å². The Bertz CT molecular complexity index is 738. The summed E-state index contributed by atoms with van der Waals surface area (Å²) < 4.78 is 6.03. The molecule has 1 aliphatic rings. The molecule has 0 aliphatic carbocycles. The molecule has 1 saturated heterocycles. The minimum Gasteiger partial charge on any atom is -0.373 e. The summed E-state index contributed by atoms with van der Waals surface area (Å²) in [7, 11) is 0. The van der Waals surface area contributed by atoms with Crippen molar-refractivity contribution in [2.24, 2.45) is 0 Å². The van der Waals surface area contributed by atoms with Gasteiger partial charge in [0.1, 0.15) is 0 Å². The van der Waals surface area contributed by atoms with Crippen LogP contribution in [0.25, 0.3) is 0 Å². The van der Waals surface area contributed by atoms with Gasteiger partial charge in [0, 0.05) is 24.5 Å². The number of amides is 2. The Balaban J connectivity index is 1.46. The van der Waals surface area contributed by atoms with Crippen molar-refractivity contribution in [3.8, 4) is 0 Å². The van der Waals surface area contributed by atoms with Crippen LogP contribution in [0.4, 0.5) is 4.79 Å². The normalized spacial score (nSPS) is 16.6. The van der Waals surface area contributed by atoms with Crippen molar-refractivity contribution in [1.82, 2.24) is 10.2 Å². The summed E-state index contributed by atoms with van der Waals surface area (Å²) in [5, 5.41) is 3.21. The zero-order valence-corrected chi connectivity index (χ0v) is 17.2. The van der Waals surface area contributed by atoms with Crippen LogP contribution < -0.4 is 5.32 Å². The fourth-order valence-electron chi connectivity index (χ4n) is 3.59. The highest BCUT2D eigenvalue weighted by atomic mass is 16.5. The van der Waals surface area contributed by atoms with Crippen molar-refractivity contribution < 1.29 is 9.53 Å². The minimum absolute atomic E-state index is 0.0259. The number of hydrogen-bond donors (Lipinski definition) is 1. The summed E-state index contributed by atoms with van der Waals surface area (Å²) in [5.41, 5.74) is 2.30. The van der Waals surface area contributed by atoms with Gasteiger partial charge in [-0.15, -0.1) is 0 Å². The molecule has 1 heterocycles. The molecule has 0 saturated carbocycles. The number of carbonyl (C=O) groups excluding carboxylic acids is 1. The van der Waals surface area contributed by atoms with E-state index in [2.05, 4.69) is 50.4 Å². The van der Waals surface area contributed by atoms with Gasteiger partial charge in [0.05, 0.1) is 12.7 Å². The second-order valence-electron chi connectivity index (χ2n) is 8.24. The second kappa shape index (κ2) is 9.24. The third-order valence-electron chi connectivity index (χ3n) is 6.00. The molecule has 4 heteroatoms. The van der Waals surface area contributed by atoms with Crippen LogP contribution in [0.1, 0.15) is 44.7 Å². The van der Waals surface area contributed by atoms with E-state index in [9.17, 15) is 4.79 Å². The molecule has 0 bridgehead atoms. The van der Waals surface area contributed by atoms with Crippen molar-refractivity contribution in [1.29, 1.82) is 0 Å². The molecule has 1 atom stereocenters. The van der Waals surface area contributed by atoms with E-state index >= 15 is 0 Å². The zero-order chi connectivity index (χ0) is 20.0. The molecule has 150 valence electrons. The van der Waals surface area contributed by atoms with Crippen LogP contribution >= 0.6 is 0 Å². The highest BCUT2D eigenvalue weighted by Crippen LogP contribution is 2.27. The molecule has 1 N–H and O–H groups in total. The van der Waals surface area contributed by atoms with Crippen LogP contribution in [0.2, 0.25) is 0 Å². The van der Waals surface area contributed by atoms with Crippen LogP contribution in [-0.2, 0) is 16.8 Å². The van der Waals surface area contributed by atoms with Crippen molar-refractivity contribution in [2.75, 3.05) is 13.1 Å². The average Bonchev–Trinajstić information content (AvgIpc) is 2.74. The van der Waals surface area contributed by atoms with Crippen LogP contribution in [0.15, 0.2) is 60.7 Å². The number of rotatable bonds is 6. The number of likely N-dealkylation sites (tertiary alicyclic amines) is 1. The van der Waals surface area contributed by atoms with Crippen LogP contribution in [0.5, 0.6) is 0 Å². The third kappa shape index (κ3) is 5.14. The predicted octanol–water partition coefficient (Wildman–Crippen LogP) is 4.74. The van der Waals surface area contributed by atoms with E-state index in [-0.39, 0.29) is 23.6 Å². The number of nitrogens with zero attached hydrogens (tertiary/aromatic N) is 1. The maximum atomic E-state index is 12.7. The van der Waals surface area contributed by atoms with Crippen LogP contribution in [0, 0.1) is 0 Å². The number of hydrogen-bond acceptors (Lipinski definition) is 2. The maximum Gasteiger partial charge on any atom is 0.317 e. The Labute approximate surface area is 168 Å². The number of ether oxygens (including phenoxy) is 1. The quantitative estimate of drug-likeness (QED) is 0.786. The molecule has 28 heavy (non-hydrogen) atoms. The summed E-state index contributed by atoms with van der Waals surface area (Å²) >= 11 is 0. The van der Waals surface area contributed by atoms with E-state index in [0.29, 0.717) is 6.61 Å². The van der Waals surface area contributed by atoms with Crippen molar-refractivity contribution in [2.45, 2.75) is 57.8 Å². The number of piperidine rings is 1. The third-order valence-corrected chi connectivity index (χ3v) is 6.00. The van der Waals surface area contributed by atoms with Gasteiger partial charge in [0.2, 0.25) is 0 Å². The van der Waals surface area contributed by atoms with Crippen LogP contribution in [0.3, 0.4) is 0 Å². The van der Waals surface area contributed by atoms with Crippen molar-refractivity contribution >= 4 is 6.03 Å². The molecule has 0 aromatic heterocycles. The van der Waals surface area contributed by atoms with Gasteiger partial charge in [-0.2, -0.15) is 0 Å². The molecular weight excluding hydrogens is 348 g/mol. The lowest BCUT2D eigenvalue weighted by atomic mass is 9.78. The van der Waals surface area contributed by atoms with E-state index in [0.717, 1.165) is 25.9 Å². The van der Waals surface area contributed by atoms with Gasteiger partial charge in [-0.05, 0) is 30.9 Å². The first-order chi connectivity index (χ1) is 13.5. The van der Waals surface area contributed by atoms with Crippen molar-refractivity contribution in [3.05, 3.63) is 71.8 Å². The lowest BCUT2D eigenvalue weighted by molar-refractivity contribution is 0.00417. The number of urea groups is 1. The molecule has 2 amide bonds. The second-order valence-corrected chi connectivity index (χ2v) is 8.24. The lowest BCUT2D eigenvalue weighted by Gasteiger charge is -2.37. The highest BCUT2D eigenvalue weighted by Gasteiger charge is 2.31. The van der Waals surface area contributed by atoms with E-state index in [1.807, 2.05) is 41.3 Å². The summed E-state index contributed by atoms with van der Waals surface area (Å²) in [5.74, 6) is 0. The number of benzene rings is 2. The molecule has 2 aromatic carbocycles. The molecule has 1 fully saturated rings. The van der Waals surface area contributed by atoms with E-state index in [4.69, 9.17) is 4.74 Å². The molecule has 1 aliphatic heterocycles. The van der Waals surface area contributed by atoms with Gasteiger partial charge >= 0.3 is 6.03 Å². The SMILES string of the molecule is CC(NC(=O)N1CCC(OCc2ccccc2)CC1)C(C)(C)c1ccccc1. The standard InChI is InChI=1S/C24H32N2O2/c1-19(24(2,3)21-12-8-5-9-13-21)25-23(27)26-16-14-22(15-17-26)28-18-20-10-6-4-7-11-20/h4-13,19,22H,14-18H2,1-3H3,(H,25,27). The molecule has 4 nitrogen and oxygen atoms in total. The summed E-state index contributed by atoms with van der Waals surface area (Å²) in [6.45, 7) is 8.56. The lowest BCUT2D eigenvalue weighted by Crippen LogP contribution is -2.52. The van der Waals surface area contributed by atoms with E-state index in [1.165, 1.54) is 11.1 Å². The topological polar surface area (TPSA) is 41.6 Å². The van der Waals surface area contributed by atoms with Crippen molar-refractivity contribution in [3.63, 3.8) is 0 Å². The molecule has 0 radical (unpaired) electrons. The Morgan fingerprint density at radius 3 is 2.25 bits per heavy atom. The average molecular weight is 381 g/mol. The fraction of sp³-hybridized carbons (Fsp3) is 0.458. The predicted molar refractivity (Wildman–Crippen MR) is 113 cm³/mol. The summed E-state index contributed by atoms with van der Waals surface area (Å²) in [4.78, 5) is 14.7. The zero-order valence-electron chi connectivity index (χ0n) is 17.2. The van der Waals surface area contributed by atoms with Gasteiger partial charge in [-0.1, -0.05) is 74.5 Å². The summed E-state index contributed by atoms with van der Waals surface area (Å²) in [6.07, 6.45) is 2.00. The number of carbonyl (C=O) groups is 1. The monoisotopic (exact) mass is 380 g/mol. The Kier molecular flexibility index (Phi) is 6.74. The van der Waals surface area contributed by atoms with Gasteiger partial charge in [0.15, 0.2) is 0 Å². The Morgan fingerprint density at radius 1 is 1.07 bits per heavy atom. The summed E-state index contributed by atoms with van der Waals surface area (Å²) in [6, 6.07) is 20.7. The fourth-order valence-corrected chi connectivity index (χ4v) is 3.59. The van der Waals surface area contributed by atoms with Gasteiger partial charge in [-0.25, -0.2) is 4.79 Å². The molecule has 2 aromatic rings. The van der Waals surface area contributed by atoms with Gasteiger partial charge in [0.25, 0.3) is 0 Å². The first kappa shape index (κ1) is 20.4. The highest BCUT2D eigenvalue weighted by molar-refractivity contribution is 5.74.